The number of carboxylic acids is 1. The van der Waals surface area contributed by atoms with Crippen LogP contribution in [0.2, 0.25) is 0 Å². The molecule has 20 heavy (non-hydrogen) atoms. The van der Waals surface area contributed by atoms with E-state index >= 15 is 0 Å². The van der Waals surface area contributed by atoms with Crippen LogP contribution >= 0.6 is 0 Å². The molecule has 108 valence electrons. The van der Waals surface area contributed by atoms with E-state index in [0.29, 0.717) is 0 Å². The molecule has 4 heteroatoms. The number of carboxylic acid groups (broad SMARTS) is 1. The maximum absolute atomic E-state index is 13.5. The summed E-state index contributed by atoms with van der Waals surface area (Å²) in [6.07, 6.45) is 5.67. The first-order chi connectivity index (χ1) is 9.66. The molecule has 1 aromatic rings. The molecule has 2 atom stereocenters. The van der Waals surface area contributed by atoms with Gasteiger partial charge in [-0.3, -0.25) is 4.79 Å². The minimum absolute atomic E-state index is 0.0121. The number of nitrogens with zero attached hydrogens (tertiary/aromatic N) is 1. The van der Waals surface area contributed by atoms with Crippen LogP contribution in [-0.4, -0.2) is 23.7 Å². The molecule has 0 radical (unpaired) electrons. The lowest BCUT2D eigenvalue weighted by Crippen LogP contribution is -2.42. The molecule has 0 saturated heterocycles. The standard InChI is InChI=1S/C16H20FNO2/c17-12-7-6-11-8-9-18(15(11)10-12)14-5-3-1-2-4-13(14)16(19)20/h6-7,10,13-14H,1-5,8-9H2,(H,19,20). The van der Waals surface area contributed by atoms with Gasteiger partial charge in [0.05, 0.1) is 5.92 Å². The predicted octanol–water partition coefficient (Wildman–Crippen LogP) is 3.22. The van der Waals surface area contributed by atoms with Gasteiger partial charge in [-0.15, -0.1) is 0 Å². The molecule has 3 nitrogen and oxygen atoms in total. The topological polar surface area (TPSA) is 40.5 Å². The summed E-state index contributed by atoms with van der Waals surface area (Å²) in [6, 6.07) is 4.89. The Morgan fingerprint density at radius 3 is 2.85 bits per heavy atom. The zero-order valence-corrected chi connectivity index (χ0v) is 11.5. The van der Waals surface area contributed by atoms with E-state index in [9.17, 15) is 14.3 Å². The number of fused-ring (bicyclic) bond motifs is 1. The summed E-state index contributed by atoms with van der Waals surface area (Å²) in [7, 11) is 0. The van der Waals surface area contributed by atoms with Crippen LogP contribution in [0, 0.1) is 11.7 Å². The largest absolute Gasteiger partial charge is 0.481 e. The Morgan fingerprint density at radius 1 is 1.25 bits per heavy atom. The maximum atomic E-state index is 13.5. The molecule has 2 unspecified atom stereocenters. The molecule has 3 rings (SSSR count). The number of hydrogen-bond donors (Lipinski definition) is 1. The van der Waals surface area contributed by atoms with Crippen molar-refractivity contribution >= 4 is 11.7 Å². The average molecular weight is 277 g/mol. The molecule has 0 aromatic heterocycles. The van der Waals surface area contributed by atoms with Crippen molar-refractivity contribution in [2.75, 3.05) is 11.4 Å². The molecular formula is C16H20FNO2. The zero-order valence-electron chi connectivity index (χ0n) is 11.5. The van der Waals surface area contributed by atoms with Crippen LogP contribution in [0.5, 0.6) is 0 Å². The van der Waals surface area contributed by atoms with Gasteiger partial charge in [0.1, 0.15) is 5.82 Å². The van der Waals surface area contributed by atoms with E-state index in [2.05, 4.69) is 4.90 Å². The lowest BCUT2D eigenvalue weighted by Gasteiger charge is -2.33. The Bertz CT molecular complexity index is 517. The summed E-state index contributed by atoms with van der Waals surface area (Å²) in [4.78, 5) is 13.7. The summed E-state index contributed by atoms with van der Waals surface area (Å²) < 4.78 is 13.5. The number of benzene rings is 1. The van der Waals surface area contributed by atoms with Crippen molar-refractivity contribution in [2.24, 2.45) is 5.92 Å². The van der Waals surface area contributed by atoms with Crippen molar-refractivity contribution in [1.29, 1.82) is 0 Å². The second-order valence-electron chi connectivity index (χ2n) is 5.87. The van der Waals surface area contributed by atoms with Gasteiger partial charge in [0.15, 0.2) is 0 Å². The molecule has 1 aliphatic heterocycles. The molecule has 1 heterocycles. The molecule has 1 N–H and O–H groups in total. The van der Waals surface area contributed by atoms with Crippen LogP contribution < -0.4 is 4.90 Å². The first-order valence-corrected chi connectivity index (χ1v) is 7.44. The summed E-state index contributed by atoms with van der Waals surface area (Å²) in [5.41, 5.74) is 2.04. The van der Waals surface area contributed by atoms with Crippen molar-refractivity contribution in [2.45, 2.75) is 44.6 Å². The van der Waals surface area contributed by atoms with Crippen molar-refractivity contribution in [3.63, 3.8) is 0 Å². The van der Waals surface area contributed by atoms with E-state index in [0.717, 1.165) is 56.3 Å². The van der Waals surface area contributed by atoms with E-state index in [1.54, 1.807) is 6.07 Å². The lowest BCUT2D eigenvalue weighted by molar-refractivity contribution is -0.142. The summed E-state index contributed by atoms with van der Waals surface area (Å²) in [5.74, 6) is -1.27. The Hall–Kier alpha value is -1.58. The van der Waals surface area contributed by atoms with E-state index in [-0.39, 0.29) is 17.8 Å². The molecular weight excluding hydrogens is 257 g/mol. The zero-order chi connectivity index (χ0) is 14.1. The fourth-order valence-corrected chi connectivity index (χ4v) is 3.67. The number of carbonyl (C=O) groups is 1. The van der Waals surface area contributed by atoms with Crippen molar-refractivity contribution in [1.82, 2.24) is 0 Å². The quantitative estimate of drug-likeness (QED) is 0.844. The number of hydrogen-bond acceptors (Lipinski definition) is 2. The number of anilines is 1. The third kappa shape index (κ3) is 2.39. The summed E-state index contributed by atoms with van der Waals surface area (Å²) >= 11 is 0. The maximum Gasteiger partial charge on any atom is 0.308 e. The highest BCUT2D eigenvalue weighted by Gasteiger charge is 2.36. The Morgan fingerprint density at radius 2 is 2.05 bits per heavy atom. The molecule has 2 aliphatic rings. The van der Waals surface area contributed by atoms with Gasteiger partial charge in [-0.2, -0.15) is 0 Å². The van der Waals surface area contributed by atoms with E-state index in [1.807, 2.05) is 6.07 Å². The van der Waals surface area contributed by atoms with E-state index in [4.69, 9.17) is 0 Å². The Balaban J connectivity index is 1.92. The van der Waals surface area contributed by atoms with Crippen LogP contribution in [0.3, 0.4) is 0 Å². The summed E-state index contributed by atoms with van der Waals surface area (Å²) in [6.45, 7) is 0.813. The fourth-order valence-electron chi connectivity index (χ4n) is 3.67. The number of rotatable bonds is 2. The Kier molecular flexibility index (Phi) is 3.64. The molecule has 0 bridgehead atoms. The van der Waals surface area contributed by atoms with Crippen LogP contribution in [0.15, 0.2) is 18.2 Å². The highest BCUT2D eigenvalue weighted by Crippen LogP contribution is 2.36. The van der Waals surface area contributed by atoms with Gasteiger partial charge in [-0.05, 0) is 37.0 Å². The molecule has 1 saturated carbocycles. The van der Waals surface area contributed by atoms with E-state index < -0.39 is 5.97 Å². The molecule has 0 amide bonds. The van der Waals surface area contributed by atoms with Gasteiger partial charge in [0, 0.05) is 18.3 Å². The molecule has 1 aliphatic carbocycles. The fraction of sp³-hybridized carbons (Fsp3) is 0.562. The second-order valence-corrected chi connectivity index (χ2v) is 5.87. The second kappa shape index (κ2) is 5.43. The number of halogens is 1. The van der Waals surface area contributed by atoms with Crippen LogP contribution in [0.1, 0.15) is 37.7 Å². The van der Waals surface area contributed by atoms with Crippen molar-refractivity contribution in [3.8, 4) is 0 Å². The van der Waals surface area contributed by atoms with Crippen molar-refractivity contribution in [3.05, 3.63) is 29.6 Å². The highest BCUT2D eigenvalue weighted by atomic mass is 19.1. The lowest BCUT2D eigenvalue weighted by atomic mass is 9.93. The van der Waals surface area contributed by atoms with E-state index in [1.165, 1.54) is 6.07 Å². The SMILES string of the molecule is O=C(O)C1CCCCCC1N1CCc2ccc(F)cc21. The van der Waals surface area contributed by atoms with Gasteiger partial charge in [0.25, 0.3) is 0 Å². The minimum Gasteiger partial charge on any atom is -0.481 e. The smallest absolute Gasteiger partial charge is 0.308 e. The summed E-state index contributed by atoms with van der Waals surface area (Å²) in [5, 5.41) is 9.50. The van der Waals surface area contributed by atoms with Crippen molar-refractivity contribution < 1.29 is 14.3 Å². The van der Waals surface area contributed by atoms with Gasteiger partial charge in [0.2, 0.25) is 0 Å². The minimum atomic E-state index is -0.707. The average Bonchev–Trinajstić information content (AvgIpc) is 2.67. The van der Waals surface area contributed by atoms with Gasteiger partial charge in [-0.25, -0.2) is 4.39 Å². The number of aliphatic carboxylic acids is 1. The van der Waals surface area contributed by atoms with Gasteiger partial charge >= 0.3 is 5.97 Å². The van der Waals surface area contributed by atoms with Crippen LogP contribution in [-0.2, 0) is 11.2 Å². The van der Waals surface area contributed by atoms with Gasteiger partial charge in [-0.1, -0.05) is 25.3 Å². The first-order valence-electron chi connectivity index (χ1n) is 7.44. The van der Waals surface area contributed by atoms with Crippen LogP contribution in [0.25, 0.3) is 0 Å². The third-order valence-corrected chi connectivity index (χ3v) is 4.68. The normalized spacial score (nSPS) is 26.1. The van der Waals surface area contributed by atoms with Gasteiger partial charge < -0.3 is 10.0 Å². The molecule has 0 spiro atoms. The highest BCUT2D eigenvalue weighted by molar-refractivity contribution is 5.72. The van der Waals surface area contributed by atoms with Crippen LogP contribution in [0.4, 0.5) is 10.1 Å². The monoisotopic (exact) mass is 277 g/mol. The molecule has 1 aromatic carbocycles. The predicted molar refractivity (Wildman–Crippen MR) is 75.4 cm³/mol. The first kappa shape index (κ1) is 13.4. The Labute approximate surface area is 118 Å². The molecule has 1 fully saturated rings. The third-order valence-electron chi connectivity index (χ3n) is 4.68.